The van der Waals surface area contributed by atoms with Gasteiger partial charge in [0.1, 0.15) is 11.8 Å². The average molecular weight is 458 g/mol. The number of hydrogen-bond acceptors (Lipinski definition) is 7. The third-order valence-corrected chi connectivity index (χ3v) is 6.52. The van der Waals surface area contributed by atoms with E-state index in [1.165, 1.54) is 16.2 Å². The maximum Gasteiger partial charge on any atom is 0.264 e. The second kappa shape index (κ2) is 10.2. The Morgan fingerprint density at radius 2 is 1.94 bits per heavy atom. The first kappa shape index (κ1) is 22.4. The van der Waals surface area contributed by atoms with Gasteiger partial charge in [0.25, 0.3) is 11.8 Å². The van der Waals surface area contributed by atoms with Gasteiger partial charge in [-0.15, -0.1) is 11.3 Å². The molecule has 1 atom stereocenters. The molecule has 0 spiro atoms. The summed E-state index contributed by atoms with van der Waals surface area (Å²) in [6.45, 7) is 6.32. The minimum atomic E-state index is -0.815. The van der Waals surface area contributed by atoms with Crippen LogP contribution in [0.2, 0.25) is 0 Å². The summed E-state index contributed by atoms with van der Waals surface area (Å²) < 4.78 is 10.8. The van der Waals surface area contributed by atoms with E-state index >= 15 is 0 Å². The molecule has 2 saturated heterocycles. The number of morpholine rings is 1. The predicted octanol–water partition coefficient (Wildman–Crippen LogP) is 2.25. The van der Waals surface area contributed by atoms with Crippen LogP contribution < -0.4 is 9.64 Å². The Hall–Kier alpha value is -2.75. The molecule has 2 aliphatic heterocycles. The van der Waals surface area contributed by atoms with Crippen molar-refractivity contribution in [2.45, 2.75) is 19.4 Å². The van der Waals surface area contributed by atoms with E-state index in [9.17, 15) is 14.4 Å². The van der Waals surface area contributed by atoms with Crippen molar-refractivity contribution in [3.63, 3.8) is 0 Å². The Morgan fingerprint density at radius 3 is 2.59 bits per heavy atom. The van der Waals surface area contributed by atoms with Gasteiger partial charge in [-0.05, 0) is 42.6 Å². The molecule has 170 valence electrons. The molecule has 8 nitrogen and oxygen atoms in total. The first-order valence-corrected chi connectivity index (χ1v) is 11.7. The van der Waals surface area contributed by atoms with E-state index in [-0.39, 0.29) is 24.1 Å². The van der Waals surface area contributed by atoms with E-state index in [1.54, 1.807) is 35.2 Å². The van der Waals surface area contributed by atoms with E-state index in [0.29, 0.717) is 49.2 Å². The van der Waals surface area contributed by atoms with E-state index in [4.69, 9.17) is 9.47 Å². The summed E-state index contributed by atoms with van der Waals surface area (Å²) >= 11 is 1.34. The highest BCUT2D eigenvalue weighted by Crippen LogP contribution is 2.28. The molecule has 3 heterocycles. The lowest BCUT2D eigenvalue weighted by molar-refractivity contribution is -0.122. The summed E-state index contributed by atoms with van der Waals surface area (Å²) in [5, 5.41) is 1.83. The third-order valence-electron chi connectivity index (χ3n) is 5.66. The van der Waals surface area contributed by atoms with Crippen molar-refractivity contribution in [1.82, 2.24) is 9.80 Å². The fourth-order valence-electron chi connectivity index (χ4n) is 4.00. The van der Waals surface area contributed by atoms with Crippen LogP contribution >= 0.6 is 11.3 Å². The van der Waals surface area contributed by atoms with E-state index < -0.39 is 6.04 Å². The van der Waals surface area contributed by atoms with Crippen LogP contribution in [0.3, 0.4) is 0 Å². The molecular weight excluding hydrogens is 430 g/mol. The molecule has 0 radical (unpaired) electrons. The molecule has 0 N–H and O–H groups in total. The van der Waals surface area contributed by atoms with Crippen LogP contribution in [-0.2, 0) is 14.3 Å². The molecular formula is C23H27N3O5S. The Labute approximate surface area is 191 Å². The van der Waals surface area contributed by atoms with Gasteiger partial charge in [0.2, 0.25) is 5.91 Å². The van der Waals surface area contributed by atoms with E-state index in [1.807, 2.05) is 18.4 Å². The molecule has 3 amide bonds. The fourth-order valence-corrected chi connectivity index (χ4v) is 4.68. The Morgan fingerprint density at radius 1 is 1.19 bits per heavy atom. The number of carbonyl (C=O) groups is 3. The lowest BCUT2D eigenvalue weighted by Crippen LogP contribution is -2.49. The minimum Gasteiger partial charge on any atom is -0.494 e. The van der Waals surface area contributed by atoms with Gasteiger partial charge in [-0.1, -0.05) is 6.07 Å². The Balaban J connectivity index is 1.53. The number of anilines is 1. The second-order valence-electron chi connectivity index (χ2n) is 7.64. The van der Waals surface area contributed by atoms with Crippen molar-refractivity contribution in [3.05, 3.63) is 46.7 Å². The van der Waals surface area contributed by atoms with Gasteiger partial charge in [-0.25, -0.2) is 4.90 Å². The van der Waals surface area contributed by atoms with Crippen LogP contribution in [0, 0.1) is 0 Å². The van der Waals surface area contributed by atoms with Gasteiger partial charge in [0.15, 0.2) is 0 Å². The molecule has 2 aliphatic rings. The molecule has 0 aliphatic carbocycles. The van der Waals surface area contributed by atoms with Crippen molar-refractivity contribution in [1.29, 1.82) is 0 Å². The monoisotopic (exact) mass is 457 g/mol. The molecule has 1 unspecified atom stereocenters. The first-order chi connectivity index (χ1) is 15.6. The minimum absolute atomic E-state index is 0.0216. The zero-order chi connectivity index (χ0) is 22.5. The maximum absolute atomic E-state index is 13.3. The molecule has 2 fully saturated rings. The van der Waals surface area contributed by atoms with Crippen LogP contribution in [0.15, 0.2) is 41.8 Å². The van der Waals surface area contributed by atoms with Gasteiger partial charge in [0.05, 0.1) is 36.8 Å². The molecule has 0 saturated carbocycles. The molecule has 0 bridgehead atoms. The number of thiophene rings is 1. The van der Waals surface area contributed by atoms with Crippen LogP contribution in [0.5, 0.6) is 5.75 Å². The quantitative estimate of drug-likeness (QED) is 0.566. The van der Waals surface area contributed by atoms with Gasteiger partial charge < -0.3 is 14.4 Å². The smallest absolute Gasteiger partial charge is 0.264 e. The third kappa shape index (κ3) is 4.85. The zero-order valence-corrected chi connectivity index (χ0v) is 18.9. The lowest BCUT2D eigenvalue weighted by atomic mass is 10.2. The summed E-state index contributed by atoms with van der Waals surface area (Å²) in [6.07, 6.45) is -0.0216. The SMILES string of the molecule is CCOc1ccc(N2C(=O)CC(N(CCN3CCOCC3)C(=O)c3cccs3)C2=O)cc1. The topological polar surface area (TPSA) is 79.4 Å². The van der Waals surface area contributed by atoms with Crippen LogP contribution in [0.4, 0.5) is 5.69 Å². The maximum atomic E-state index is 13.3. The number of carbonyl (C=O) groups excluding carboxylic acids is 3. The van der Waals surface area contributed by atoms with Crippen molar-refractivity contribution in [3.8, 4) is 5.75 Å². The second-order valence-corrected chi connectivity index (χ2v) is 8.59. The van der Waals surface area contributed by atoms with Crippen LogP contribution in [0.1, 0.15) is 23.0 Å². The number of benzene rings is 1. The molecule has 1 aromatic heterocycles. The highest BCUT2D eigenvalue weighted by atomic mass is 32.1. The lowest BCUT2D eigenvalue weighted by Gasteiger charge is -2.32. The van der Waals surface area contributed by atoms with Crippen LogP contribution in [-0.4, -0.2) is 79.6 Å². The zero-order valence-electron chi connectivity index (χ0n) is 18.1. The normalized spacial score (nSPS) is 19.4. The summed E-state index contributed by atoms with van der Waals surface area (Å²) in [4.78, 5) is 45.0. The fraction of sp³-hybridized carbons (Fsp3) is 0.435. The number of nitrogens with zero attached hydrogens (tertiary/aromatic N) is 3. The summed E-state index contributed by atoms with van der Waals surface area (Å²) in [6, 6.07) is 9.61. The molecule has 1 aromatic carbocycles. The average Bonchev–Trinajstić information content (AvgIpc) is 3.44. The summed E-state index contributed by atoms with van der Waals surface area (Å²) in [5.41, 5.74) is 0.489. The molecule has 9 heteroatoms. The molecule has 4 rings (SSSR count). The van der Waals surface area contributed by atoms with Crippen molar-refractivity contribution < 1.29 is 23.9 Å². The van der Waals surface area contributed by atoms with Gasteiger partial charge in [0, 0.05) is 26.2 Å². The standard InChI is InChI=1S/C23H27N3O5S/c1-2-31-18-7-5-17(6-8-18)26-21(27)16-19(22(26)28)25(23(29)20-4-3-15-32-20)10-9-24-11-13-30-14-12-24/h3-8,15,19H,2,9-14,16H2,1H3. The highest BCUT2D eigenvalue weighted by Gasteiger charge is 2.44. The largest absolute Gasteiger partial charge is 0.494 e. The number of rotatable bonds is 8. The summed E-state index contributed by atoms with van der Waals surface area (Å²) in [5.74, 6) is -0.217. The number of amides is 3. The summed E-state index contributed by atoms with van der Waals surface area (Å²) in [7, 11) is 0. The molecule has 2 aromatic rings. The van der Waals surface area contributed by atoms with Crippen LogP contribution in [0.25, 0.3) is 0 Å². The van der Waals surface area contributed by atoms with Crippen molar-refractivity contribution in [2.75, 3.05) is 50.9 Å². The number of imide groups is 1. The van der Waals surface area contributed by atoms with Gasteiger partial charge in [-0.2, -0.15) is 0 Å². The van der Waals surface area contributed by atoms with E-state index in [2.05, 4.69) is 4.90 Å². The van der Waals surface area contributed by atoms with Gasteiger partial charge >= 0.3 is 0 Å². The first-order valence-electron chi connectivity index (χ1n) is 10.8. The molecule has 32 heavy (non-hydrogen) atoms. The number of ether oxygens (including phenoxy) is 2. The number of hydrogen-bond donors (Lipinski definition) is 0. The predicted molar refractivity (Wildman–Crippen MR) is 121 cm³/mol. The van der Waals surface area contributed by atoms with E-state index in [0.717, 1.165) is 13.1 Å². The Kier molecular flexibility index (Phi) is 7.19. The highest BCUT2D eigenvalue weighted by molar-refractivity contribution is 7.12. The van der Waals surface area contributed by atoms with Gasteiger partial charge in [-0.3, -0.25) is 19.3 Å². The van der Waals surface area contributed by atoms with Crippen molar-refractivity contribution in [2.24, 2.45) is 0 Å². The van der Waals surface area contributed by atoms with Crippen molar-refractivity contribution >= 4 is 34.7 Å². The Bertz CT molecular complexity index is 941.